The number of hydrogen-bond acceptors (Lipinski definition) is 6. The number of nitrogens with zero attached hydrogens (tertiary/aromatic N) is 4. The molecule has 2 aliphatic rings. The molecule has 1 fully saturated rings. The Morgan fingerprint density at radius 1 is 1.12 bits per heavy atom. The maximum absolute atomic E-state index is 12.8. The molecule has 1 saturated heterocycles. The minimum atomic E-state index is -0.288. The second-order valence-electron chi connectivity index (χ2n) is 9.26. The zero-order valence-electron chi connectivity index (χ0n) is 19.5. The maximum atomic E-state index is 12.8. The SMILES string of the molecule is Cc1ccnc(N2CC[C@@H](N3Cc4cccc(-c5cccnc5)c4C3)C2)c1C(=O)OC(C)C. The lowest BCUT2D eigenvalue weighted by molar-refractivity contribution is 0.0377. The van der Waals surface area contributed by atoms with Crippen LogP contribution < -0.4 is 4.90 Å². The van der Waals surface area contributed by atoms with Gasteiger partial charge in [-0.05, 0) is 61.6 Å². The van der Waals surface area contributed by atoms with Gasteiger partial charge in [-0.15, -0.1) is 0 Å². The first kappa shape index (κ1) is 21.6. The van der Waals surface area contributed by atoms with Crippen molar-refractivity contribution in [1.29, 1.82) is 0 Å². The highest BCUT2D eigenvalue weighted by molar-refractivity contribution is 5.96. The van der Waals surface area contributed by atoms with Gasteiger partial charge >= 0.3 is 5.97 Å². The summed E-state index contributed by atoms with van der Waals surface area (Å²) in [6, 6.07) is 13.0. The van der Waals surface area contributed by atoms with Crippen molar-refractivity contribution in [1.82, 2.24) is 14.9 Å². The molecule has 4 heterocycles. The predicted octanol–water partition coefficient (Wildman–Crippen LogP) is 4.61. The van der Waals surface area contributed by atoms with Crippen molar-refractivity contribution >= 4 is 11.8 Å². The fraction of sp³-hybridized carbons (Fsp3) is 0.370. The number of esters is 1. The molecule has 1 atom stereocenters. The van der Waals surface area contributed by atoms with E-state index in [1.54, 1.807) is 6.20 Å². The van der Waals surface area contributed by atoms with E-state index < -0.39 is 0 Å². The molecule has 6 heteroatoms. The Kier molecular flexibility index (Phi) is 5.85. The first-order valence-corrected chi connectivity index (χ1v) is 11.7. The van der Waals surface area contributed by atoms with Crippen LogP contribution in [0.3, 0.4) is 0 Å². The van der Waals surface area contributed by atoms with E-state index >= 15 is 0 Å². The van der Waals surface area contributed by atoms with Gasteiger partial charge in [0.15, 0.2) is 0 Å². The number of fused-ring (bicyclic) bond motifs is 1. The monoisotopic (exact) mass is 442 g/mol. The molecular formula is C27H30N4O2. The Hall–Kier alpha value is -3.25. The highest BCUT2D eigenvalue weighted by atomic mass is 16.5. The van der Waals surface area contributed by atoms with Crippen molar-refractivity contribution in [2.45, 2.75) is 52.4 Å². The summed E-state index contributed by atoms with van der Waals surface area (Å²) in [6.45, 7) is 9.32. The van der Waals surface area contributed by atoms with E-state index in [0.717, 1.165) is 44.0 Å². The van der Waals surface area contributed by atoms with E-state index in [2.05, 4.69) is 44.0 Å². The van der Waals surface area contributed by atoms with Gasteiger partial charge in [-0.1, -0.05) is 24.3 Å². The third-order valence-corrected chi connectivity index (χ3v) is 6.65. The van der Waals surface area contributed by atoms with Gasteiger partial charge in [0.2, 0.25) is 0 Å². The Bertz CT molecular complexity index is 1160. The van der Waals surface area contributed by atoms with Crippen LogP contribution in [0.25, 0.3) is 11.1 Å². The highest BCUT2D eigenvalue weighted by Crippen LogP contribution is 2.36. The van der Waals surface area contributed by atoms with Gasteiger partial charge in [-0.25, -0.2) is 9.78 Å². The summed E-state index contributed by atoms with van der Waals surface area (Å²) in [5, 5.41) is 0. The molecule has 0 N–H and O–H groups in total. The van der Waals surface area contributed by atoms with Crippen molar-refractivity contribution in [3.63, 3.8) is 0 Å². The van der Waals surface area contributed by atoms with Crippen molar-refractivity contribution in [3.8, 4) is 11.1 Å². The molecule has 0 aliphatic carbocycles. The second kappa shape index (κ2) is 8.94. The Balaban J connectivity index is 1.35. The summed E-state index contributed by atoms with van der Waals surface area (Å²) in [4.78, 5) is 26.5. The topological polar surface area (TPSA) is 58.6 Å². The smallest absolute Gasteiger partial charge is 0.342 e. The van der Waals surface area contributed by atoms with Crippen molar-refractivity contribution in [2.24, 2.45) is 0 Å². The summed E-state index contributed by atoms with van der Waals surface area (Å²) < 4.78 is 5.52. The molecule has 6 nitrogen and oxygen atoms in total. The normalized spacial score (nSPS) is 18.1. The Morgan fingerprint density at radius 3 is 2.79 bits per heavy atom. The van der Waals surface area contributed by atoms with E-state index in [0.29, 0.717) is 11.6 Å². The maximum Gasteiger partial charge on any atom is 0.342 e. The zero-order valence-corrected chi connectivity index (χ0v) is 19.5. The molecular weight excluding hydrogens is 412 g/mol. The molecule has 0 spiro atoms. The molecule has 0 radical (unpaired) electrons. The summed E-state index contributed by atoms with van der Waals surface area (Å²) >= 11 is 0. The van der Waals surface area contributed by atoms with Crippen molar-refractivity contribution in [2.75, 3.05) is 18.0 Å². The Labute approximate surface area is 195 Å². The molecule has 0 bridgehead atoms. The summed E-state index contributed by atoms with van der Waals surface area (Å²) in [6.07, 6.45) is 6.43. The number of ether oxygens (including phenoxy) is 1. The summed E-state index contributed by atoms with van der Waals surface area (Å²) in [5.74, 6) is 0.458. The van der Waals surface area contributed by atoms with Gasteiger partial charge < -0.3 is 9.64 Å². The van der Waals surface area contributed by atoms with E-state index in [1.807, 2.05) is 45.3 Å². The summed E-state index contributed by atoms with van der Waals surface area (Å²) in [5.41, 5.74) is 6.74. The molecule has 33 heavy (non-hydrogen) atoms. The van der Waals surface area contributed by atoms with Gasteiger partial charge in [0.05, 0.1) is 6.10 Å². The van der Waals surface area contributed by atoms with Crippen LogP contribution in [-0.4, -0.2) is 46.1 Å². The molecule has 2 aliphatic heterocycles. The fourth-order valence-electron chi connectivity index (χ4n) is 5.04. The van der Waals surface area contributed by atoms with E-state index in [9.17, 15) is 4.79 Å². The molecule has 2 aromatic heterocycles. The lowest BCUT2D eigenvalue weighted by atomic mass is 9.98. The first-order valence-electron chi connectivity index (χ1n) is 11.7. The average molecular weight is 443 g/mol. The van der Waals surface area contributed by atoms with Gasteiger partial charge in [0.1, 0.15) is 11.4 Å². The van der Waals surface area contributed by atoms with Crippen LogP contribution in [0.4, 0.5) is 5.82 Å². The van der Waals surface area contributed by atoms with Crippen LogP contribution in [0.1, 0.15) is 47.3 Å². The van der Waals surface area contributed by atoms with Crippen LogP contribution in [0.15, 0.2) is 55.0 Å². The molecule has 5 rings (SSSR count). The molecule has 0 saturated carbocycles. The van der Waals surface area contributed by atoms with Gasteiger partial charge in [-0.3, -0.25) is 9.88 Å². The largest absolute Gasteiger partial charge is 0.459 e. The average Bonchev–Trinajstić information content (AvgIpc) is 3.46. The van der Waals surface area contributed by atoms with Crippen LogP contribution in [0, 0.1) is 6.92 Å². The van der Waals surface area contributed by atoms with Crippen molar-refractivity contribution < 1.29 is 9.53 Å². The molecule has 1 aromatic carbocycles. The fourth-order valence-corrected chi connectivity index (χ4v) is 5.04. The number of rotatable bonds is 5. The number of aromatic nitrogens is 2. The van der Waals surface area contributed by atoms with Crippen LogP contribution in [0.2, 0.25) is 0 Å². The minimum absolute atomic E-state index is 0.159. The van der Waals surface area contributed by atoms with Crippen LogP contribution >= 0.6 is 0 Å². The number of pyridine rings is 2. The minimum Gasteiger partial charge on any atom is -0.459 e. The second-order valence-corrected chi connectivity index (χ2v) is 9.26. The third-order valence-electron chi connectivity index (χ3n) is 6.65. The van der Waals surface area contributed by atoms with Gasteiger partial charge in [0, 0.05) is 56.4 Å². The molecule has 170 valence electrons. The number of hydrogen-bond donors (Lipinski definition) is 0. The quantitative estimate of drug-likeness (QED) is 0.538. The van der Waals surface area contributed by atoms with Gasteiger partial charge in [0.25, 0.3) is 0 Å². The number of aryl methyl sites for hydroxylation is 1. The standard InChI is InChI=1S/C27H30N4O2/c1-18(2)33-27(32)25-19(3)9-12-29-26(25)30-13-10-22(16-30)31-15-21-6-4-8-23(24(21)17-31)20-7-5-11-28-14-20/h4-9,11-12,14,18,22H,10,13,15-17H2,1-3H3/t22-/m1/s1. The Morgan fingerprint density at radius 2 is 2.00 bits per heavy atom. The van der Waals surface area contributed by atoms with Crippen LogP contribution in [0.5, 0.6) is 0 Å². The van der Waals surface area contributed by atoms with E-state index in [1.165, 1.54) is 22.3 Å². The predicted molar refractivity (Wildman–Crippen MR) is 129 cm³/mol. The highest BCUT2D eigenvalue weighted by Gasteiger charge is 2.34. The number of anilines is 1. The van der Waals surface area contributed by atoms with E-state index in [4.69, 9.17) is 4.74 Å². The molecule has 0 unspecified atom stereocenters. The van der Waals surface area contributed by atoms with E-state index in [-0.39, 0.29) is 12.1 Å². The van der Waals surface area contributed by atoms with Crippen molar-refractivity contribution in [3.05, 3.63) is 77.2 Å². The number of benzene rings is 1. The van der Waals surface area contributed by atoms with Gasteiger partial charge in [-0.2, -0.15) is 0 Å². The zero-order chi connectivity index (χ0) is 22.9. The lowest BCUT2D eigenvalue weighted by Crippen LogP contribution is -2.34. The molecule has 0 amide bonds. The third kappa shape index (κ3) is 4.23. The first-order chi connectivity index (χ1) is 16.0. The number of carbonyl (C=O) groups is 1. The number of carbonyl (C=O) groups excluding carboxylic acids is 1. The summed E-state index contributed by atoms with van der Waals surface area (Å²) in [7, 11) is 0. The van der Waals surface area contributed by atoms with Crippen LogP contribution in [-0.2, 0) is 17.8 Å². The molecule has 3 aromatic rings. The lowest BCUT2D eigenvalue weighted by Gasteiger charge is -2.25.